The van der Waals surface area contributed by atoms with Gasteiger partial charge in [0.15, 0.2) is 6.10 Å². The first-order chi connectivity index (χ1) is 25.7. The van der Waals surface area contributed by atoms with Crippen molar-refractivity contribution in [2.45, 2.75) is 259 Å². The summed E-state index contributed by atoms with van der Waals surface area (Å²) in [6.45, 7) is 11.3. The van der Waals surface area contributed by atoms with Crippen LogP contribution in [0.2, 0.25) is 0 Å². The van der Waals surface area contributed by atoms with E-state index in [0.29, 0.717) is 19.3 Å². The van der Waals surface area contributed by atoms with Crippen molar-refractivity contribution in [3.05, 3.63) is 0 Å². The normalized spacial score (nSPS) is 12.1. The lowest BCUT2D eigenvalue weighted by molar-refractivity contribution is -0.167. The third-order valence-corrected chi connectivity index (χ3v) is 10.5. The van der Waals surface area contributed by atoms with Crippen LogP contribution in [0.5, 0.6) is 0 Å². The average Bonchev–Trinajstić information content (AvgIpc) is 3.12. The minimum atomic E-state index is -0.760. The lowest BCUT2D eigenvalue weighted by Gasteiger charge is -2.18. The number of esters is 3. The average molecular weight is 751 g/mol. The molecule has 0 N–H and O–H groups in total. The first-order valence-electron chi connectivity index (χ1n) is 23.2. The van der Waals surface area contributed by atoms with Crippen molar-refractivity contribution in [2.24, 2.45) is 11.8 Å². The van der Waals surface area contributed by atoms with E-state index in [1.807, 2.05) is 0 Å². The van der Waals surface area contributed by atoms with Gasteiger partial charge in [-0.05, 0) is 31.1 Å². The van der Waals surface area contributed by atoms with Crippen molar-refractivity contribution >= 4 is 17.9 Å². The van der Waals surface area contributed by atoms with E-state index < -0.39 is 6.10 Å². The number of carbonyl (C=O) groups is 3. The molecule has 0 rings (SSSR count). The van der Waals surface area contributed by atoms with E-state index in [1.54, 1.807) is 0 Å². The molecule has 53 heavy (non-hydrogen) atoms. The standard InChI is InChI=1S/C47H90O6/c1-6-7-8-9-10-15-22-27-32-37-45(48)51-40-44(53-47(50)39-34-29-24-19-14-17-21-26-31-36-43(4)5)41-52-46(49)38-33-28-23-18-13-11-12-16-20-25-30-35-42(2)3/h42-44H,6-41H2,1-5H3/t44-/m1/s1. The summed E-state index contributed by atoms with van der Waals surface area (Å²) in [7, 11) is 0. The fourth-order valence-electron chi connectivity index (χ4n) is 6.93. The Morgan fingerprint density at radius 2 is 0.623 bits per heavy atom. The molecule has 0 amide bonds. The minimum Gasteiger partial charge on any atom is -0.462 e. The van der Waals surface area contributed by atoms with Crippen molar-refractivity contribution in [1.82, 2.24) is 0 Å². The molecule has 0 aliphatic heterocycles. The summed E-state index contributed by atoms with van der Waals surface area (Å²) in [6, 6.07) is 0. The predicted octanol–water partition coefficient (Wildman–Crippen LogP) is 14.6. The van der Waals surface area contributed by atoms with Crippen LogP contribution in [0.3, 0.4) is 0 Å². The Bertz CT molecular complexity index is 809. The quantitative estimate of drug-likeness (QED) is 0.0352. The Balaban J connectivity index is 4.31. The fraction of sp³-hybridized carbons (Fsp3) is 0.936. The summed E-state index contributed by atoms with van der Waals surface area (Å²) < 4.78 is 16.7. The molecular weight excluding hydrogens is 661 g/mol. The number of hydrogen-bond acceptors (Lipinski definition) is 6. The highest BCUT2D eigenvalue weighted by Gasteiger charge is 2.19. The summed E-state index contributed by atoms with van der Waals surface area (Å²) in [6.07, 6.45) is 38.0. The lowest BCUT2D eigenvalue weighted by Crippen LogP contribution is -2.30. The van der Waals surface area contributed by atoms with Crippen LogP contribution in [-0.2, 0) is 28.6 Å². The second-order valence-corrected chi connectivity index (χ2v) is 17.0. The van der Waals surface area contributed by atoms with Crippen molar-refractivity contribution in [1.29, 1.82) is 0 Å². The molecule has 0 unspecified atom stereocenters. The highest BCUT2D eigenvalue weighted by Crippen LogP contribution is 2.16. The first kappa shape index (κ1) is 51.4. The Labute approximate surface area is 329 Å². The van der Waals surface area contributed by atoms with Gasteiger partial charge in [-0.15, -0.1) is 0 Å². The SMILES string of the molecule is CCCCCCCCCCCC(=O)OC[C@H](COC(=O)CCCCCCCCCCCCCC(C)C)OC(=O)CCCCCCCCCCCC(C)C. The van der Waals surface area contributed by atoms with Gasteiger partial charge in [-0.1, -0.05) is 214 Å². The van der Waals surface area contributed by atoms with Crippen LogP contribution in [0.1, 0.15) is 253 Å². The van der Waals surface area contributed by atoms with Gasteiger partial charge in [-0.2, -0.15) is 0 Å². The predicted molar refractivity (Wildman–Crippen MR) is 224 cm³/mol. The van der Waals surface area contributed by atoms with Crippen LogP contribution in [0.25, 0.3) is 0 Å². The Morgan fingerprint density at radius 3 is 0.925 bits per heavy atom. The zero-order valence-corrected chi connectivity index (χ0v) is 36.1. The van der Waals surface area contributed by atoms with E-state index >= 15 is 0 Å². The fourth-order valence-corrected chi connectivity index (χ4v) is 6.93. The summed E-state index contributed by atoms with van der Waals surface area (Å²) in [5.41, 5.74) is 0. The highest BCUT2D eigenvalue weighted by atomic mass is 16.6. The molecule has 6 heteroatoms. The van der Waals surface area contributed by atoms with E-state index in [0.717, 1.165) is 69.6 Å². The smallest absolute Gasteiger partial charge is 0.306 e. The van der Waals surface area contributed by atoms with E-state index in [1.165, 1.54) is 141 Å². The third kappa shape index (κ3) is 41.4. The van der Waals surface area contributed by atoms with E-state index in [4.69, 9.17) is 14.2 Å². The molecule has 0 aliphatic rings. The summed E-state index contributed by atoms with van der Waals surface area (Å²) in [4.78, 5) is 37.7. The van der Waals surface area contributed by atoms with Crippen molar-refractivity contribution < 1.29 is 28.6 Å². The van der Waals surface area contributed by atoms with E-state index in [9.17, 15) is 14.4 Å². The minimum absolute atomic E-state index is 0.0650. The molecule has 0 aliphatic carbocycles. The van der Waals surface area contributed by atoms with Gasteiger partial charge in [0.25, 0.3) is 0 Å². The van der Waals surface area contributed by atoms with Gasteiger partial charge in [0, 0.05) is 19.3 Å². The zero-order chi connectivity index (χ0) is 39.0. The second kappa shape index (κ2) is 40.1. The molecule has 0 aromatic carbocycles. The molecule has 6 nitrogen and oxygen atoms in total. The summed E-state index contributed by atoms with van der Waals surface area (Å²) >= 11 is 0. The number of unbranched alkanes of at least 4 members (excludes halogenated alkanes) is 26. The molecule has 0 spiro atoms. The maximum Gasteiger partial charge on any atom is 0.306 e. The molecule has 0 bridgehead atoms. The lowest BCUT2D eigenvalue weighted by atomic mass is 10.0. The van der Waals surface area contributed by atoms with Gasteiger partial charge in [0.05, 0.1) is 0 Å². The maximum absolute atomic E-state index is 12.7. The van der Waals surface area contributed by atoms with Gasteiger partial charge < -0.3 is 14.2 Å². The molecule has 0 radical (unpaired) electrons. The Hall–Kier alpha value is -1.59. The number of rotatable bonds is 41. The highest BCUT2D eigenvalue weighted by molar-refractivity contribution is 5.71. The number of carbonyl (C=O) groups excluding carboxylic acids is 3. The van der Waals surface area contributed by atoms with Crippen LogP contribution in [0.4, 0.5) is 0 Å². The van der Waals surface area contributed by atoms with Gasteiger partial charge in [-0.3, -0.25) is 14.4 Å². The van der Waals surface area contributed by atoms with E-state index in [2.05, 4.69) is 34.6 Å². The van der Waals surface area contributed by atoms with Gasteiger partial charge >= 0.3 is 17.9 Å². The zero-order valence-electron chi connectivity index (χ0n) is 36.1. The third-order valence-electron chi connectivity index (χ3n) is 10.5. The van der Waals surface area contributed by atoms with E-state index in [-0.39, 0.29) is 31.1 Å². The summed E-state index contributed by atoms with van der Waals surface area (Å²) in [5.74, 6) is 0.774. The second-order valence-electron chi connectivity index (χ2n) is 17.0. The first-order valence-corrected chi connectivity index (χ1v) is 23.2. The molecule has 0 saturated carbocycles. The topological polar surface area (TPSA) is 78.9 Å². The van der Waals surface area contributed by atoms with Gasteiger partial charge in [0.2, 0.25) is 0 Å². The van der Waals surface area contributed by atoms with Crippen LogP contribution < -0.4 is 0 Å². The van der Waals surface area contributed by atoms with Crippen LogP contribution >= 0.6 is 0 Å². The monoisotopic (exact) mass is 751 g/mol. The molecule has 0 aromatic rings. The van der Waals surface area contributed by atoms with Crippen LogP contribution in [-0.4, -0.2) is 37.2 Å². The molecular formula is C47H90O6. The maximum atomic E-state index is 12.7. The van der Waals surface area contributed by atoms with Crippen LogP contribution in [0.15, 0.2) is 0 Å². The largest absolute Gasteiger partial charge is 0.462 e. The molecule has 0 saturated heterocycles. The molecule has 314 valence electrons. The molecule has 0 aromatic heterocycles. The Morgan fingerprint density at radius 1 is 0.358 bits per heavy atom. The Kier molecular flexibility index (Phi) is 38.9. The number of hydrogen-bond donors (Lipinski definition) is 0. The summed E-state index contributed by atoms with van der Waals surface area (Å²) in [5, 5.41) is 0. The molecule has 1 atom stereocenters. The molecule has 0 heterocycles. The molecule has 0 fully saturated rings. The van der Waals surface area contributed by atoms with Gasteiger partial charge in [-0.25, -0.2) is 0 Å². The van der Waals surface area contributed by atoms with Crippen molar-refractivity contribution in [2.75, 3.05) is 13.2 Å². The van der Waals surface area contributed by atoms with Gasteiger partial charge in [0.1, 0.15) is 13.2 Å². The van der Waals surface area contributed by atoms with Crippen molar-refractivity contribution in [3.63, 3.8) is 0 Å². The van der Waals surface area contributed by atoms with Crippen molar-refractivity contribution in [3.8, 4) is 0 Å². The van der Waals surface area contributed by atoms with Crippen LogP contribution in [0, 0.1) is 11.8 Å². The number of ether oxygens (including phenoxy) is 3.